The van der Waals surface area contributed by atoms with E-state index in [4.69, 9.17) is 14.2 Å². The molecule has 0 aliphatic carbocycles. The van der Waals surface area contributed by atoms with Gasteiger partial charge in [-0.1, -0.05) is 311 Å². The molecule has 78 heavy (non-hydrogen) atoms. The van der Waals surface area contributed by atoms with Gasteiger partial charge in [-0.2, -0.15) is 0 Å². The summed E-state index contributed by atoms with van der Waals surface area (Å²) in [7, 11) is 0. The number of rotatable bonds is 61. The summed E-state index contributed by atoms with van der Waals surface area (Å²) in [5, 5.41) is 0. The molecule has 0 N–H and O–H groups in total. The second-order valence-corrected chi connectivity index (χ2v) is 22.3. The number of hydrogen-bond donors (Lipinski definition) is 0. The maximum absolute atomic E-state index is 12.9. The van der Waals surface area contributed by atoms with Gasteiger partial charge >= 0.3 is 17.9 Å². The largest absolute Gasteiger partial charge is 0.462 e. The van der Waals surface area contributed by atoms with E-state index in [1.54, 1.807) is 0 Å². The van der Waals surface area contributed by atoms with Crippen LogP contribution in [-0.2, 0) is 28.6 Å². The Kier molecular flexibility index (Phi) is 63.2. The number of unbranched alkanes of at least 4 members (excludes halogenated alkanes) is 36. The molecule has 0 fully saturated rings. The van der Waals surface area contributed by atoms with Gasteiger partial charge < -0.3 is 14.2 Å². The van der Waals surface area contributed by atoms with E-state index >= 15 is 0 Å². The van der Waals surface area contributed by atoms with Crippen LogP contribution in [0.3, 0.4) is 0 Å². The predicted octanol–water partition coefficient (Wildman–Crippen LogP) is 23.1. The molecule has 450 valence electrons. The third-order valence-corrected chi connectivity index (χ3v) is 14.6. The Labute approximate surface area is 484 Å². The first-order valence-corrected chi connectivity index (χ1v) is 33.6. The Morgan fingerprint density at radius 1 is 0.269 bits per heavy atom. The fraction of sp³-hybridized carbons (Fsp3) is 0.764. The molecule has 0 spiro atoms. The molecule has 0 aliphatic rings. The van der Waals surface area contributed by atoms with E-state index in [1.165, 1.54) is 180 Å². The van der Waals surface area contributed by atoms with Gasteiger partial charge in [0.05, 0.1) is 0 Å². The highest BCUT2D eigenvalue weighted by Gasteiger charge is 2.19. The lowest BCUT2D eigenvalue weighted by Gasteiger charge is -2.18. The summed E-state index contributed by atoms with van der Waals surface area (Å²) in [5.41, 5.74) is 0. The van der Waals surface area contributed by atoms with Crippen molar-refractivity contribution in [1.29, 1.82) is 0 Å². The van der Waals surface area contributed by atoms with Crippen LogP contribution >= 0.6 is 0 Å². The van der Waals surface area contributed by atoms with Gasteiger partial charge in [-0.3, -0.25) is 14.4 Å². The average molecular weight is 1090 g/mol. The molecule has 0 saturated carbocycles. The second-order valence-electron chi connectivity index (χ2n) is 22.3. The molecule has 0 amide bonds. The van der Waals surface area contributed by atoms with E-state index < -0.39 is 6.10 Å². The molecule has 6 heteroatoms. The third-order valence-electron chi connectivity index (χ3n) is 14.6. The van der Waals surface area contributed by atoms with Crippen LogP contribution in [-0.4, -0.2) is 37.2 Å². The lowest BCUT2D eigenvalue weighted by atomic mass is 10.0. The first kappa shape index (κ1) is 74.6. The van der Waals surface area contributed by atoms with Gasteiger partial charge in [-0.25, -0.2) is 0 Å². The number of esters is 3. The molecule has 0 bridgehead atoms. The molecule has 0 heterocycles. The normalized spacial score (nSPS) is 12.6. The highest BCUT2D eigenvalue weighted by Crippen LogP contribution is 2.18. The van der Waals surface area contributed by atoms with Crippen LogP contribution < -0.4 is 0 Å². The summed E-state index contributed by atoms with van der Waals surface area (Å²) in [5.74, 6) is -0.911. The topological polar surface area (TPSA) is 78.9 Å². The molecule has 0 aliphatic heterocycles. The van der Waals surface area contributed by atoms with Gasteiger partial charge in [-0.05, 0) is 89.9 Å². The molecule has 0 rings (SSSR count). The standard InChI is InChI=1S/C72H126O6/c1-4-7-10-13-16-19-22-25-27-29-31-33-34-35-36-37-39-40-42-44-47-50-53-56-59-62-65-71(74)77-68-69(67-76-70(73)64-61-58-55-52-49-46-24-21-18-15-12-9-6-3)78-72(75)66-63-60-57-54-51-48-45-43-41-38-32-30-28-26-23-20-17-14-11-8-5-2/h8-9,11-12,17-18,20-21,26,28,32,38,46,49,69H,4-7,10,13-16,19,22-25,27,29-31,33-37,39-45,47-48,50-68H2,1-3H3/b11-8-,12-9-,20-17-,21-18-,28-26-,38-32-,49-46-. The monoisotopic (exact) mass is 1090 g/mol. The highest BCUT2D eigenvalue weighted by atomic mass is 16.6. The minimum atomic E-state index is -0.794. The van der Waals surface area contributed by atoms with E-state index in [-0.39, 0.29) is 31.1 Å². The quantitative estimate of drug-likeness (QED) is 0.0261. The van der Waals surface area contributed by atoms with Crippen molar-refractivity contribution in [2.24, 2.45) is 0 Å². The SMILES string of the molecule is CC/C=C\C/C=C\C/C=C\C/C=C\CCCCCCCCCCC(=O)OC(COC(=O)CCCCC/C=C\C/C=C\C/C=C\CC)COC(=O)CCCCCCCCCCCCCCCCCCCCCCCCCCCC. The van der Waals surface area contributed by atoms with Crippen LogP contribution in [0.15, 0.2) is 85.1 Å². The molecular formula is C72H126O6. The molecule has 0 saturated heterocycles. The van der Waals surface area contributed by atoms with Crippen molar-refractivity contribution in [1.82, 2.24) is 0 Å². The Bertz CT molecular complexity index is 1480. The zero-order valence-electron chi connectivity index (χ0n) is 51.7. The van der Waals surface area contributed by atoms with Crippen LogP contribution in [0.2, 0.25) is 0 Å². The first-order valence-electron chi connectivity index (χ1n) is 33.6. The smallest absolute Gasteiger partial charge is 0.306 e. The lowest BCUT2D eigenvalue weighted by molar-refractivity contribution is -0.167. The minimum Gasteiger partial charge on any atom is -0.462 e. The van der Waals surface area contributed by atoms with Crippen molar-refractivity contribution >= 4 is 17.9 Å². The van der Waals surface area contributed by atoms with Gasteiger partial charge in [0.15, 0.2) is 6.10 Å². The van der Waals surface area contributed by atoms with Gasteiger partial charge in [0.25, 0.3) is 0 Å². The van der Waals surface area contributed by atoms with Crippen LogP contribution in [0.1, 0.15) is 335 Å². The third kappa shape index (κ3) is 63.4. The molecule has 0 radical (unpaired) electrons. The van der Waals surface area contributed by atoms with Crippen molar-refractivity contribution < 1.29 is 28.6 Å². The van der Waals surface area contributed by atoms with Crippen molar-refractivity contribution in [3.63, 3.8) is 0 Å². The van der Waals surface area contributed by atoms with Gasteiger partial charge in [0.1, 0.15) is 13.2 Å². The molecular weight excluding hydrogens is 961 g/mol. The molecule has 1 atom stereocenters. The van der Waals surface area contributed by atoms with Crippen LogP contribution in [0.4, 0.5) is 0 Å². The summed E-state index contributed by atoms with van der Waals surface area (Å²) in [6, 6.07) is 0. The van der Waals surface area contributed by atoms with Gasteiger partial charge in [-0.15, -0.1) is 0 Å². The highest BCUT2D eigenvalue weighted by molar-refractivity contribution is 5.71. The number of ether oxygens (including phenoxy) is 3. The number of allylic oxidation sites excluding steroid dienone is 14. The van der Waals surface area contributed by atoms with Crippen LogP contribution in [0.5, 0.6) is 0 Å². The number of carbonyl (C=O) groups excluding carboxylic acids is 3. The lowest BCUT2D eigenvalue weighted by Crippen LogP contribution is -2.30. The Hall–Kier alpha value is -3.41. The zero-order valence-corrected chi connectivity index (χ0v) is 51.7. The Morgan fingerprint density at radius 3 is 0.795 bits per heavy atom. The number of carbonyl (C=O) groups is 3. The maximum atomic E-state index is 12.9. The van der Waals surface area contributed by atoms with Crippen molar-refractivity contribution in [2.75, 3.05) is 13.2 Å². The summed E-state index contributed by atoms with van der Waals surface area (Å²) in [4.78, 5) is 38.3. The zero-order chi connectivity index (χ0) is 56.4. The maximum Gasteiger partial charge on any atom is 0.306 e. The van der Waals surface area contributed by atoms with Gasteiger partial charge in [0, 0.05) is 19.3 Å². The fourth-order valence-electron chi connectivity index (χ4n) is 9.69. The minimum absolute atomic E-state index is 0.0867. The summed E-state index contributed by atoms with van der Waals surface area (Å²) in [6.45, 7) is 6.43. The van der Waals surface area contributed by atoms with Crippen LogP contribution in [0.25, 0.3) is 0 Å². The van der Waals surface area contributed by atoms with Crippen molar-refractivity contribution in [3.05, 3.63) is 85.1 Å². The van der Waals surface area contributed by atoms with Crippen molar-refractivity contribution in [3.8, 4) is 0 Å². The van der Waals surface area contributed by atoms with E-state index in [2.05, 4.69) is 106 Å². The van der Waals surface area contributed by atoms with Gasteiger partial charge in [0.2, 0.25) is 0 Å². The van der Waals surface area contributed by atoms with Crippen molar-refractivity contribution in [2.45, 2.75) is 341 Å². The van der Waals surface area contributed by atoms with Crippen LogP contribution in [0, 0.1) is 0 Å². The molecule has 0 aromatic carbocycles. The predicted molar refractivity (Wildman–Crippen MR) is 339 cm³/mol. The average Bonchev–Trinajstić information content (AvgIpc) is 3.44. The molecule has 1 unspecified atom stereocenters. The number of hydrogen-bond acceptors (Lipinski definition) is 6. The second kappa shape index (κ2) is 66.1. The summed E-state index contributed by atoms with van der Waals surface area (Å²) >= 11 is 0. The molecule has 6 nitrogen and oxygen atoms in total. The first-order chi connectivity index (χ1) is 38.5. The summed E-state index contributed by atoms with van der Waals surface area (Å²) < 4.78 is 16.9. The fourth-order valence-corrected chi connectivity index (χ4v) is 9.69. The van der Waals surface area contributed by atoms with E-state index in [0.717, 1.165) is 116 Å². The van der Waals surface area contributed by atoms with E-state index in [1.807, 2.05) is 0 Å². The molecule has 0 aromatic rings. The van der Waals surface area contributed by atoms with E-state index in [0.29, 0.717) is 19.3 Å². The van der Waals surface area contributed by atoms with E-state index in [9.17, 15) is 14.4 Å². The Morgan fingerprint density at radius 2 is 0.500 bits per heavy atom. The summed E-state index contributed by atoms with van der Waals surface area (Å²) in [6.07, 6.45) is 87.6. The molecule has 0 aromatic heterocycles. The Balaban J connectivity index is 4.28.